The van der Waals surface area contributed by atoms with Gasteiger partial charge in [0.05, 0.1) is 4.47 Å². The van der Waals surface area contributed by atoms with E-state index in [9.17, 15) is 14.0 Å². The van der Waals surface area contributed by atoms with Crippen molar-refractivity contribution < 1.29 is 14.0 Å². The van der Waals surface area contributed by atoms with Gasteiger partial charge in [-0.15, -0.1) is 0 Å². The average Bonchev–Trinajstić information content (AvgIpc) is 2.46. The number of anilines is 1. The van der Waals surface area contributed by atoms with E-state index >= 15 is 0 Å². The number of rotatable bonds is 1. The van der Waals surface area contributed by atoms with Crippen LogP contribution in [0.5, 0.6) is 0 Å². The van der Waals surface area contributed by atoms with E-state index < -0.39 is 0 Å². The van der Waals surface area contributed by atoms with E-state index in [0.29, 0.717) is 23.1 Å². The van der Waals surface area contributed by atoms with Crippen molar-refractivity contribution in [3.8, 4) is 0 Å². The first-order valence-corrected chi connectivity index (χ1v) is 7.43. The van der Waals surface area contributed by atoms with Crippen LogP contribution in [0, 0.1) is 5.82 Å². The van der Waals surface area contributed by atoms with E-state index in [1.165, 1.54) is 17.0 Å². The number of nitrogens with zero attached hydrogens (tertiary/aromatic N) is 2. The number of carbonyl (C=O) groups excluding carboxylic acids is 2. The minimum atomic E-state index is -0.385. The number of carbonyl (C=O) groups is 2. The predicted octanol–water partition coefficient (Wildman–Crippen LogP) is 2.32. The maximum atomic E-state index is 13.3. The Labute approximate surface area is 124 Å². The number of fused-ring (bicyclic) bond motifs is 1. The zero-order valence-electron chi connectivity index (χ0n) is 10.8. The maximum absolute atomic E-state index is 13.3. The molecule has 2 amide bonds. The average molecular weight is 341 g/mol. The molecular weight excluding hydrogens is 327 g/mol. The van der Waals surface area contributed by atoms with E-state index in [2.05, 4.69) is 15.9 Å². The van der Waals surface area contributed by atoms with Crippen LogP contribution in [0.4, 0.5) is 10.1 Å². The van der Waals surface area contributed by atoms with Crippen LogP contribution in [0.1, 0.15) is 19.3 Å². The minimum absolute atomic E-state index is 0.0326. The summed E-state index contributed by atoms with van der Waals surface area (Å²) < 4.78 is 13.6. The van der Waals surface area contributed by atoms with Gasteiger partial charge < -0.3 is 9.80 Å². The van der Waals surface area contributed by atoms with E-state index in [4.69, 9.17) is 0 Å². The first kappa shape index (κ1) is 13.5. The van der Waals surface area contributed by atoms with Crippen LogP contribution in [-0.4, -0.2) is 35.8 Å². The highest BCUT2D eigenvalue weighted by Gasteiger charge is 2.40. The summed E-state index contributed by atoms with van der Waals surface area (Å²) in [6.07, 6.45) is 2.63. The molecule has 0 spiro atoms. The molecule has 6 heteroatoms. The maximum Gasteiger partial charge on any atom is 0.250 e. The molecule has 1 unspecified atom stereocenters. The molecule has 0 bridgehead atoms. The zero-order valence-corrected chi connectivity index (χ0v) is 12.4. The summed E-state index contributed by atoms with van der Waals surface area (Å²) in [5, 5.41) is 0. The largest absolute Gasteiger partial charge is 0.329 e. The second kappa shape index (κ2) is 5.16. The van der Waals surface area contributed by atoms with Crippen LogP contribution in [-0.2, 0) is 9.59 Å². The van der Waals surface area contributed by atoms with E-state index in [0.717, 1.165) is 12.8 Å². The van der Waals surface area contributed by atoms with Crippen LogP contribution in [0.3, 0.4) is 0 Å². The monoisotopic (exact) mass is 340 g/mol. The van der Waals surface area contributed by atoms with Crippen molar-refractivity contribution in [1.82, 2.24) is 4.90 Å². The van der Waals surface area contributed by atoms with Crippen molar-refractivity contribution in [3.63, 3.8) is 0 Å². The third kappa shape index (κ3) is 2.22. The van der Waals surface area contributed by atoms with Gasteiger partial charge in [0.15, 0.2) is 0 Å². The molecule has 1 aromatic rings. The minimum Gasteiger partial charge on any atom is -0.329 e. The fourth-order valence-electron chi connectivity index (χ4n) is 2.84. The molecule has 4 nitrogen and oxygen atoms in total. The van der Waals surface area contributed by atoms with Crippen LogP contribution < -0.4 is 4.90 Å². The third-order valence-corrected chi connectivity index (χ3v) is 4.49. The van der Waals surface area contributed by atoms with Gasteiger partial charge in [-0.05, 0) is 53.4 Å². The van der Waals surface area contributed by atoms with E-state index in [1.807, 2.05) is 0 Å². The molecule has 2 aliphatic rings. The lowest BCUT2D eigenvalue weighted by atomic mass is 9.98. The number of benzene rings is 1. The quantitative estimate of drug-likeness (QED) is 0.787. The molecule has 0 aromatic heterocycles. The summed E-state index contributed by atoms with van der Waals surface area (Å²) in [5.74, 6) is -0.485. The van der Waals surface area contributed by atoms with Gasteiger partial charge in [-0.3, -0.25) is 9.59 Å². The topological polar surface area (TPSA) is 40.6 Å². The summed E-state index contributed by atoms with van der Waals surface area (Å²) in [6.45, 7) is 0.698. The van der Waals surface area contributed by atoms with Gasteiger partial charge in [-0.2, -0.15) is 0 Å². The molecular formula is C14H14BrFN2O2. The van der Waals surface area contributed by atoms with Crippen molar-refractivity contribution in [2.24, 2.45) is 0 Å². The number of hydrogen-bond acceptors (Lipinski definition) is 2. The summed E-state index contributed by atoms with van der Waals surface area (Å²) in [6, 6.07) is 4.02. The molecule has 2 aliphatic heterocycles. The number of hydrogen-bond donors (Lipinski definition) is 0. The van der Waals surface area contributed by atoms with Gasteiger partial charge in [-0.1, -0.05) is 0 Å². The highest BCUT2D eigenvalue weighted by atomic mass is 79.9. The Morgan fingerprint density at radius 3 is 2.80 bits per heavy atom. The smallest absolute Gasteiger partial charge is 0.250 e. The van der Waals surface area contributed by atoms with Crippen molar-refractivity contribution in [2.75, 3.05) is 18.0 Å². The van der Waals surface area contributed by atoms with Gasteiger partial charge in [0.1, 0.15) is 18.4 Å². The van der Waals surface area contributed by atoms with Gasteiger partial charge >= 0.3 is 0 Å². The standard InChI is InChI=1S/C14H14BrFN2O2/c15-10-7-9(4-5-11(10)16)18-8-13(19)17-6-2-1-3-12(17)14(18)20/h4-5,7,12H,1-3,6,8H2. The Hall–Kier alpha value is -1.43. The Morgan fingerprint density at radius 1 is 1.25 bits per heavy atom. The summed E-state index contributed by atoms with van der Waals surface area (Å²) in [5.41, 5.74) is 0.557. The first-order valence-electron chi connectivity index (χ1n) is 6.64. The van der Waals surface area contributed by atoms with Crippen LogP contribution >= 0.6 is 15.9 Å². The third-order valence-electron chi connectivity index (χ3n) is 3.88. The number of amides is 2. The molecule has 1 atom stereocenters. The molecule has 0 radical (unpaired) electrons. The summed E-state index contributed by atoms with van der Waals surface area (Å²) in [7, 11) is 0. The molecule has 1 aromatic carbocycles. The van der Waals surface area contributed by atoms with Gasteiger partial charge in [0, 0.05) is 12.2 Å². The molecule has 2 fully saturated rings. The summed E-state index contributed by atoms with van der Waals surface area (Å²) >= 11 is 3.11. The molecule has 0 saturated carbocycles. The van der Waals surface area contributed by atoms with E-state index in [1.54, 1.807) is 11.0 Å². The number of halogens is 2. The van der Waals surface area contributed by atoms with Crippen molar-refractivity contribution in [1.29, 1.82) is 0 Å². The first-order chi connectivity index (χ1) is 9.58. The lowest BCUT2D eigenvalue weighted by Crippen LogP contribution is -2.61. The second-order valence-corrected chi connectivity index (χ2v) is 5.98. The number of piperidine rings is 1. The Balaban J connectivity index is 1.92. The molecule has 2 saturated heterocycles. The predicted molar refractivity (Wildman–Crippen MR) is 75.8 cm³/mol. The number of piperazine rings is 1. The highest BCUT2D eigenvalue weighted by molar-refractivity contribution is 9.10. The molecule has 3 rings (SSSR count). The second-order valence-electron chi connectivity index (χ2n) is 5.12. The summed E-state index contributed by atoms with van der Waals surface area (Å²) in [4.78, 5) is 27.8. The van der Waals surface area contributed by atoms with Gasteiger partial charge in [-0.25, -0.2) is 4.39 Å². The Morgan fingerprint density at radius 2 is 2.05 bits per heavy atom. The molecule has 20 heavy (non-hydrogen) atoms. The molecule has 2 heterocycles. The normalized spacial score (nSPS) is 23.0. The van der Waals surface area contributed by atoms with Crippen LogP contribution in [0.25, 0.3) is 0 Å². The Kier molecular flexibility index (Phi) is 3.50. The van der Waals surface area contributed by atoms with Crippen molar-refractivity contribution in [2.45, 2.75) is 25.3 Å². The lowest BCUT2D eigenvalue weighted by molar-refractivity contribution is -0.144. The van der Waals surface area contributed by atoms with Crippen molar-refractivity contribution >= 4 is 33.4 Å². The lowest BCUT2D eigenvalue weighted by Gasteiger charge is -2.42. The highest BCUT2D eigenvalue weighted by Crippen LogP contribution is 2.29. The van der Waals surface area contributed by atoms with Crippen LogP contribution in [0.15, 0.2) is 22.7 Å². The zero-order chi connectivity index (χ0) is 14.3. The molecule has 106 valence electrons. The molecule has 0 N–H and O–H groups in total. The SMILES string of the molecule is O=C1C2CCCCN2C(=O)CN1c1ccc(F)c(Br)c1. The van der Waals surface area contributed by atoms with Gasteiger partial charge in [0.25, 0.3) is 0 Å². The molecule has 0 aliphatic carbocycles. The Bertz CT molecular complexity index is 578. The fourth-order valence-corrected chi connectivity index (χ4v) is 3.21. The van der Waals surface area contributed by atoms with Gasteiger partial charge in [0.2, 0.25) is 11.8 Å². The van der Waals surface area contributed by atoms with Crippen LogP contribution in [0.2, 0.25) is 0 Å². The van der Waals surface area contributed by atoms with E-state index in [-0.39, 0.29) is 30.2 Å². The van der Waals surface area contributed by atoms with Crippen molar-refractivity contribution in [3.05, 3.63) is 28.5 Å². The fraction of sp³-hybridized carbons (Fsp3) is 0.429.